The molecule has 0 atom stereocenters. The van der Waals surface area contributed by atoms with Crippen molar-refractivity contribution in [1.82, 2.24) is 19.5 Å². The van der Waals surface area contributed by atoms with E-state index in [2.05, 4.69) is 0 Å². The van der Waals surface area contributed by atoms with Gasteiger partial charge in [0, 0.05) is 33.2 Å². The Morgan fingerprint density at radius 3 is 1.45 bits per heavy atom. The Morgan fingerprint density at radius 1 is 0.345 bits per heavy atom. The Morgan fingerprint density at radius 2 is 0.836 bits per heavy atom. The van der Waals surface area contributed by atoms with Crippen molar-refractivity contribution in [3.63, 3.8) is 0 Å². The van der Waals surface area contributed by atoms with Crippen LogP contribution in [0.1, 0.15) is 15.1 Å². The number of benzene rings is 8. The molecule has 0 radical (unpaired) electrons. The predicted octanol–water partition coefficient (Wildman–Crippen LogP) is 13.0. The minimum absolute atomic E-state index is 0.0508. The van der Waals surface area contributed by atoms with Gasteiger partial charge < -0.3 is 4.57 Å². The van der Waals surface area contributed by atoms with Crippen LogP contribution in [-0.4, -0.2) is 19.5 Å². The molecular formula is C51H34N4. The van der Waals surface area contributed by atoms with Crippen molar-refractivity contribution < 1.29 is 15.1 Å². The summed E-state index contributed by atoms with van der Waals surface area (Å²) in [5, 5.41) is -0.297. The third-order valence-corrected chi connectivity index (χ3v) is 9.48. The van der Waals surface area contributed by atoms with Crippen LogP contribution in [0.25, 0.3) is 95.0 Å². The molecule has 2 aromatic heterocycles. The molecule has 0 aliphatic heterocycles. The molecule has 0 spiro atoms. The summed E-state index contributed by atoms with van der Waals surface area (Å²) in [7, 11) is 0. The van der Waals surface area contributed by atoms with Gasteiger partial charge in [-0.15, -0.1) is 0 Å². The van der Waals surface area contributed by atoms with Gasteiger partial charge in [-0.2, -0.15) is 0 Å². The van der Waals surface area contributed by atoms with E-state index in [1.807, 2.05) is 109 Å². The van der Waals surface area contributed by atoms with Gasteiger partial charge in [-0.1, -0.05) is 176 Å². The second-order valence-corrected chi connectivity index (χ2v) is 12.8. The topological polar surface area (TPSA) is 43.6 Å². The van der Waals surface area contributed by atoms with Crippen molar-refractivity contribution in [3.8, 4) is 73.2 Å². The fraction of sp³-hybridized carbons (Fsp3) is 0. The monoisotopic (exact) mass is 713 g/mol. The lowest BCUT2D eigenvalue weighted by atomic mass is 9.97. The van der Waals surface area contributed by atoms with Gasteiger partial charge in [-0.25, -0.2) is 15.0 Å². The Bertz CT molecular complexity index is 3450. The summed E-state index contributed by atoms with van der Waals surface area (Å²) in [5.41, 5.74) is 5.25. The lowest BCUT2D eigenvalue weighted by Gasteiger charge is -2.13. The Kier molecular flexibility index (Phi) is 5.69. The molecular weight excluding hydrogens is 669 g/mol. The number of fused-ring (bicyclic) bond motifs is 3. The van der Waals surface area contributed by atoms with E-state index in [4.69, 9.17) is 25.9 Å². The number of hydrogen-bond donors (Lipinski definition) is 0. The molecule has 4 heteroatoms. The lowest BCUT2D eigenvalue weighted by Crippen LogP contribution is -2.01. The van der Waals surface area contributed by atoms with Crippen LogP contribution in [0.2, 0.25) is 0 Å². The number of para-hydroxylation sites is 2. The molecule has 2 heterocycles. The van der Waals surface area contributed by atoms with E-state index in [0.717, 1.165) is 32.9 Å². The minimum Gasteiger partial charge on any atom is -0.309 e. The summed E-state index contributed by atoms with van der Waals surface area (Å²) in [6.07, 6.45) is 0. The third-order valence-electron chi connectivity index (χ3n) is 9.48. The minimum atomic E-state index is -0.636. The van der Waals surface area contributed by atoms with Gasteiger partial charge in [0.2, 0.25) is 0 Å². The summed E-state index contributed by atoms with van der Waals surface area (Å²) in [6, 6.07) is 38.0. The molecule has 0 saturated heterocycles. The zero-order chi connectivity index (χ0) is 46.1. The van der Waals surface area contributed by atoms with Gasteiger partial charge in [-0.3, -0.25) is 0 Å². The SMILES string of the molecule is [2H]c1cc([2H])c([2H])c(-n2c3c([2H])c([2H])c([2H])c([2H])c3c3c([2H])c(-c4ccccc4-c4nc(-c5ccc(-c6ccccc6)cc5)nc(-c5ccc(-c6ccccc6)cc5)n4)c([2H])c([2H])c32)c1[2H]. The first kappa shape index (κ1) is 22.6. The second-order valence-electron chi connectivity index (χ2n) is 12.8. The molecule has 0 amide bonds. The second kappa shape index (κ2) is 13.8. The zero-order valence-electron chi connectivity index (χ0n) is 40.1. The van der Waals surface area contributed by atoms with Crippen LogP contribution in [0.4, 0.5) is 0 Å². The Hall–Kier alpha value is -7.43. The molecule has 10 aromatic rings. The molecule has 10 rings (SSSR count). The first-order valence-electron chi connectivity index (χ1n) is 23.1. The van der Waals surface area contributed by atoms with Crippen molar-refractivity contribution in [2.75, 3.05) is 0 Å². The maximum absolute atomic E-state index is 9.86. The van der Waals surface area contributed by atoms with E-state index >= 15 is 0 Å². The molecule has 0 bridgehead atoms. The standard InChI is InChI=1S/C51H34N4/c1-4-14-35(15-5-1)37-24-28-39(29-25-37)49-52-50(40-30-26-38(27-31-40)36-16-6-2-7-17-36)54-51(53-49)45-22-11-10-20-43(45)41-32-33-48-46(34-41)44-21-12-13-23-47(44)55(48)42-18-8-3-9-19-42/h1-34H/i8D,9D,12D,13D,18D,19D,21D,23D,32D,33D,34D. The van der Waals surface area contributed by atoms with Crippen LogP contribution >= 0.6 is 0 Å². The van der Waals surface area contributed by atoms with Crippen LogP contribution in [0.15, 0.2) is 206 Å². The third kappa shape index (κ3) is 6.06. The van der Waals surface area contributed by atoms with Crippen molar-refractivity contribution in [2.24, 2.45) is 0 Å². The van der Waals surface area contributed by atoms with Gasteiger partial charge in [0.15, 0.2) is 17.5 Å². The summed E-state index contributed by atoms with van der Waals surface area (Å²) in [5.74, 6) is 0.909. The molecule has 55 heavy (non-hydrogen) atoms. The van der Waals surface area contributed by atoms with Crippen LogP contribution < -0.4 is 0 Å². The van der Waals surface area contributed by atoms with Crippen LogP contribution in [-0.2, 0) is 0 Å². The molecule has 0 saturated carbocycles. The van der Waals surface area contributed by atoms with Crippen LogP contribution in [0.3, 0.4) is 0 Å². The van der Waals surface area contributed by atoms with Crippen molar-refractivity contribution in [1.29, 1.82) is 0 Å². The molecule has 8 aromatic carbocycles. The highest BCUT2D eigenvalue weighted by Gasteiger charge is 2.18. The first-order valence-corrected chi connectivity index (χ1v) is 17.6. The molecule has 0 unspecified atom stereocenters. The number of rotatable bonds is 7. The average Bonchev–Trinajstić information content (AvgIpc) is 3.71. The van der Waals surface area contributed by atoms with E-state index in [1.54, 1.807) is 24.3 Å². The average molecular weight is 714 g/mol. The Labute approximate surface area is 335 Å². The van der Waals surface area contributed by atoms with Crippen molar-refractivity contribution >= 4 is 21.8 Å². The smallest absolute Gasteiger partial charge is 0.164 e. The highest BCUT2D eigenvalue weighted by atomic mass is 15.0. The summed E-state index contributed by atoms with van der Waals surface area (Å²) in [4.78, 5) is 15.0. The Balaban J connectivity index is 1.23. The first-order chi connectivity index (χ1) is 31.8. The maximum Gasteiger partial charge on any atom is 0.164 e. The van der Waals surface area contributed by atoms with Gasteiger partial charge in [-0.05, 0) is 63.6 Å². The van der Waals surface area contributed by atoms with Crippen molar-refractivity contribution in [3.05, 3.63) is 206 Å². The van der Waals surface area contributed by atoms with Crippen molar-refractivity contribution in [2.45, 2.75) is 0 Å². The normalized spacial score (nSPS) is 14.1. The van der Waals surface area contributed by atoms with Gasteiger partial charge in [0.1, 0.15) is 0 Å². The number of aromatic nitrogens is 4. The van der Waals surface area contributed by atoms with Crippen LogP contribution in [0, 0.1) is 0 Å². The van der Waals surface area contributed by atoms with E-state index in [9.17, 15) is 4.11 Å². The fourth-order valence-corrected chi connectivity index (χ4v) is 6.80. The summed E-state index contributed by atoms with van der Waals surface area (Å²) >= 11 is 0. The highest BCUT2D eigenvalue weighted by Crippen LogP contribution is 2.38. The van der Waals surface area contributed by atoms with E-state index in [1.165, 1.54) is 0 Å². The molecule has 0 fully saturated rings. The predicted molar refractivity (Wildman–Crippen MR) is 227 cm³/mol. The van der Waals surface area contributed by atoms with E-state index in [0.29, 0.717) is 28.3 Å². The number of hydrogen-bond acceptors (Lipinski definition) is 3. The summed E-state index contributed by atoms with van der Waals surface area (Å²) in [6.45, 7) is 0. The number of nitrogens with zero attached hydrogens (tertiary/aromatic N) is 4. The van der Waals surface area contributed by atoms with Gasteiger partial charge in [0.05, 0.1) is 26.1 Å². The van der Waals surface area contributed by atoms with Gasteiger partial charge in [0.25, 0.3) is 0 Å². The largest absolute Gasteiger partial charge is 0.309 e. The van der Waals surface area contributed by atoms with Crippen LogP contribution in [0.5, 0.6) is 0 Å². The molecule has 0 aliphatic carbocycles. The lowest BCUT2D eigenvalue weighted by molar-refractivity contribution is 1.07. The molecule has 4 nitrogen and oxygen atoms in total. The molecule has 0 N–H and O–H groups in total. The molecule has 0 aliphatic rings. The summed E-state index contributed by atoms with van der Waals surface area (Å²) < 4.78 is 99.9. The van der Waals surface area contributed by atoms with E-state index in [-0.39, 0.29) is 50.5 Å². The maximum atomic E-state index is 9.86. The highest BCUT2D eigenvalue weighted by molar-refractivity contribution is 6.10. The fourth-order valence-electron chi connectivity index (χ4n) is 6.80. The van der Waals surface area contributed by atoms with Gasteiger partial charge >= 0.3 is 0 Å². The quantitative estimate of drug-likeness (QED) is 0.165. The zero-order valence-corrected chi connectivity index (χ0v) is 29.1. The molecule has 258 valence electrons. The van der Waals surface area contributed by atoms with E-state index < -0.39 is 60.4 Å².